The highest BCUT2D eigenvalue weighted by atomic mass is 16.7. The lowest BCUT2D eigenvalue weighted by atomic mass is 10.2. The third-order valence-electron chi connectivity index (χ3n) is 3.39. The van der Waals surface area contributed by atoms with E-state index in [0.717, 1.165) is 5.52 Å². The second-order valence-corrected chi connectivity index (χ2v) is 4.94. The number of fused-ring (bicyclic) bond motifs is 2. The second-order valence-electron chi connectivity index (χ2n) is 4.94. The van der Waals surface area contributed by atoms with Gasteiger partial charge in [0.25, 0.3) is 5.91 Å². The number of hydrogen-bond donors (Lipinski definition) is 1. The summed E-state index contributed by atoms with van der Waals surface area (Å²) in [5.41, 5.74) is 2.55. The molecule has 6 heteroatoms. The summed E-state index contributed by atoms with van der Waals surface area (Å²) in [4.78, 5) is 16.5. The average molecular weight is 296 g/mol. The van der Waals surface area contributed by atoms with Crippen molar-refractivity contribution in [2.45, 2.75) is 6.92 Å². The normalized spacial score (nSPS) is 12.6. The maximum atomic E-state index is 12.3. The van der Waals surface area contributed by atoms with E-state index in [1.54, 1.807) is 43.3 Å². The molecule has 1 amide bonds. The number of benzene rings is 2. The van der Waals surface area contributed by atoms with Gasteiger partial charge in [0.1, 0.15) is 5.52 Å². The van der Waals surface area contributed by atoms with Crippen molar-refractivity contribution in [2.75, 3.05) is 12.1 Å². The third kappa shape index (κ3) is 2.14. The van der Waals surface area contributed by atoms with Crippen molar-refractivity contribution in [2.24, 2.45) is 0 Å². The van der Waals surface area contributed by atoms with Crippen LogP contribution >= 0.6 is 0 Å². The van der Waals surface area contributed by atoms with E-state index in [2.05, 4.69) is 10.3 Å². The molecule has 0 radical (unpaired) electrons. The minimum atomic E-state index is -0.228. The zero-order chi connectivity index (χ0) is 15.1. The van der Waals surface area contributed by atoms with E-state index in [1.807, 2.05) is 0 Å². The van der Waals surface area contributed by atoms with Crippen LogP contribution < -0.4 is 14.8 Å². The molecular weight excluding hydrogens is 284 g/mol. The van der Waals surface area contributed by atoms with Crippen LogP contribution in [-0.4, -0.2) is 17.7 Å². The molecule has 0 unspecified atom stereocenters. The molecule has 2 aromatic carbocycles. The van der Waals surface area contributed by atoms with E-state index in [4.69, 9.17) is 13.9 Å². The predicted molar refractivity (Wildman–Crippen MR) is 79.3 cm³/mol. The first-order chi connectivity index (χ1) is 10.7. The summed E-state index contributed by atoms with van der Waals surface area (Å²) in [5, 5.41) is 2.83. The number of aryl methyl sites for hydroxylation is 1. The Kier molecular flexibility index (Phi) is 2.75. The summed E-state index contributed by atoms with van der Waals surface area (Å²) >= 11 is 0. The predicted octanol–water partition coefficient (Wildman–Crippen LogP) is 3.12. The molecule has 4 rings (SSSR count). The number of hydrogen-bond acceptors (Lipinski definition) is 5. The maximum Gasteiger partial charge on any atom is 0.255 e. The highest BCUT2D eigenvalue weighted by Gasteiger charge is 2.16. The van der Waals surface area contributed by atoms with E-state index in [9.17, 15) is 4.79 Å². The number of nitrogens with zero attached hydrogens (tertiary/aromatic N) is 1. The fourth-order valence-electron chi connectivity index (χ4n) is 2.36. The molecule has 1 aromatic heterocycles. The third-order valence-corrected chi connectivity index (χ3v) is 3.39. The molecule has 6 nitrogen and oxygen atoms in total. The summed E-state index contributed by atoms with van der Waals surface area (Å²) in [6, 6.07) is 10.4. The number of rotatable bonds is 2. The van der Waals surface area contributed by atoms with E-state index in [1.165, 1.54) is 0 Å². The molecule has 0 aliphatic carbocycles. The van der Waals surface area contributed by atoms with Gasteiger partial charge in [-0.25, -0.2) is 4.98 Å². The number of carbonyl (C=O) groups excluding carboxylic acids is 1. The zero-order valence-corrected chi connectivity index (χ0v) is 11.8. The maximum absolute atomic E-state index is 12.3. The average Bonchev–Trinajstić information content (AvgIpc) is 3.10. The van der Waals surface area contributed by atoms with Gasteiger partial charge in [-0.15, -0.1) is 0 Å². The van der Waals surface area contributed by atoms with Gasteiger partial charge in [0, 0.05) is 24.2 Å². The Hall–Kier alpha value is -3.02. The molecular formula is C16H12N2O4. The largest absolute Gasteiger partial charge is 0.454 e. The molecule has 0 spiro atoms. The molecule has 0 saturated carbocycles. The molecule has 110 valence electrons. The highest BCUT2D eigenvalue weighted by molar-refractivity contribution is 6.05. The monoisotopic (exact) mass is 296 g/mol. The Morgan fingerprint density at radius 1 is 1.14 bits per heavy atom. The first kappa shape index (κ1) is 12.7. The number of aromatic nitrogens is 1. The summed E-state index contributed by atoms with van der Waals surface area (Å²) < 4.78 is 16.0. The minimum absolute atomic E-state index is 0.182. The Morgan fingerprint density at radius 3 is 2.91 bits per heavy atom. The number of amides is 1. The second kappa shape index (κ2) is 4.77. The van der Waals surface area contributed by atoms with E-state index >= 15 is 0 Å². The van der Waals surface area contributed by atoms with Crippen LogP contribution in [0.5, 0.6) is 11.5 Å². The Balaban J connectivity index is 1.59. The number of ether oxygens (including phenoxy) is 2. The molecule has 0 saturated heterocycles. The van der Waals surface area contributed by atoms with Crippen LogP contribution in [0.4, 0.5) is 5.69 Å². The molecule has 0 bridgehead atoms. The van der Waals surface area contributed by atoms with Gasteiger partial charge in [-0.05, 0) is 30.3 Å². The van der Waals surface area contributed by atoms with Gasteiger partial charge in [-0.3, -0.25) is 4.79 Å². The summed E-state index contributed by atoms with van der Waals surface area (Å²) in [7, 11) is 0. The van der Waals surface area contributed by atoms with E-state index in [0.29, 0.717) is 34.2 Å². The fraction of sp³-hybridized carbons (Fsp3) is 0.125. The molecule has 1 aliphatic rings. The van der Waals surface area contributed by atoms with Gasteiger partial charge in [0.05, 0.1) is 0 Å². The molecule has 1 aliphatic heterocycles. The van der Waals surface area contributed by atoms with Gasteiger partial charge in [-0.2, -0.15) is 0 Å². The summed E-state index contributed by atoms with van der Waals surface area (Å²) in [6.07, 6.45) is 0. The van der Waals surface area contributed by atoms with Gasteiger partial charge in [-0.1, -0.05) is 0 Å². The Morgan fingerprint density at radius 2 is 2.00 bits per heavy atom. The van der Waals surface area contributed by atoms with Crippen molar-refractivity contribution >= 4 is 22.7 Å². The van der Waals surface area contributed by atoms with E-state index < -0.39 is 0 Å². The van der Waals surface area contributed by atoms with Crippen molar-refractivity contribution in [1.82, 2.24) is 4.98 Å². The van der Waals surface area contributed by atoms with Crippen LogP contribution in [-0.2, 0) is 0 Å². The Labute approximate surface area is 125 Å². The zero-order valence-electron chi connectivity index (χ0n) is 11.8. The quantitative estimate of drug-likeness (QED) is 0.786. The number of nitrogens with one attached hydrogen (secondary N) is 1. The standard InChI is InChI=1S/C16H12N2O4/c1-9-17-12-4-3-11(7-14(12)22-9)18-16(19)10-2-5-13-15(6-10)21-8-20-13/h2-7H,8H2,1H3,(H,18,19). The summed E-state index contributed by atoms with van der Waals surface area (Å²) in [5.74, 6) is 1.59. The SMILES string of the molecule is Cc1nc2ccc(NC(=O)c3ccc4c(c3)OCO4)cc2o1. The van der Waals surface area contributed by atoms with Crippen molar-refractivity contribution in [3.05, 3.63) is 47.9 Å². The number of anilines is 1. The van der Waals surface area contributed by atoms with Crippen LogP contribution in [0.1, 0.15) is 16.2 Å². The molecule has 1 N–H and O–H groups in total. The number of carbonyl (C=O) groups is 1. The summed E-state index contributed by atoms with van der Waals surface area (Å²) in [6.45, 7) is 1.97. The van der Waals surface area contributed by atoms with Crippen LogP contribution in [0.2, 0.25) is 0 Å². The van der Waals surface area contributed by atoms with Crippen molar-refractivity contribution in [1.29, 1.82) is 0 Å². The molecule has 0 atom stereocenters. The number of oxazole rings is 1. The van der Waals surface area contributed by atoms with Crippen molar-refractivity contribution in [3.8, 4) is 11.5 Å². The van der Waals surface area contributed by atoms with Gasteiger partial charge in [0.2, 0.25) is 6.79 Å². The minimum Gasteiger partial charge on any atom is -0.454 e. The van der Waals surface area contributed by atoms with Crippen LogP contribution in [0, 0.1) is 6.92 Å². The van der Waals surface area contributed by atoms with Gasteiger partial charge in [0.15, 0.2) is 23.0 Å². The lowest BCUT2D eigenvalue weighted by Crippen LogP contribution is -2.11. The van der Waals surface area contributed by atoms with Crippen LogP contribution in [0.25, 0.3) is 11.1 Å². The van der Waals surface area contributed by atoms with Crippen LogP contribution in [0.15, 0.2) is 40.8 Å². The van der Waals surface area contributed by atoms with E-state index in [-0.39, 0.29) is 12.7 Å². The first-order valence-electron chi connectivity index (χ1n) is 6.77. The molecule has 0 fully saturated rings. The topological polar surface area (TPSA) is 73.6 Å². The van der Waals surface area contributed by atoms with Gasteiger partial charge >= 0.3 is 0 Å². The van der Waals surface area contributed by atoms with Crippen LogP contribution in [0.3, 0.4) is 0 Å². The van der Waals surface area contributed by atoms with Crippen molar-refractivity contribution in [3.63, 3.8) is 0 Å². The highest BCUT2D eigenvalue weighted by Crippen LogP contribution is 2.32. The first-order valence-corrected chi connectivity index (χ1v) is 6.77. The lowest BCUT2D eigenvalue weighted by molar-refractivity contribution is 0.102. The lowest BCUT2D eigenvalue weighted by Gasteiger charge is -2.05. The fourth-order valence-corrected chi connectivity index (χ4v) is 2.36. The van der Waals surface area contributed by atoms with Crippen molar-refractivity contribution < 1.29 is 18.7 Å². The molecule has 2 heterocycles. The van der Waals surface area contributed by atoms with Gasteiger partial charge < -0.3 is 19.2 Å². The smallest absolute Gasteiger partial charge is 0.255 e. The molecule has 22 heavy (non-hydrogen) atoms. The Bertz CT molecular complexity index is 885. The molecule has 3 aromatic rings.